The van der Waals surface area contributed by atoms with Gasteiger partial charge in [0.1, 0.15) is 30.5 Å². The first-order chi connectivity index (χ1) is 8.72. The number of imidazole rings is 1. The maximum Gasteiger partial charge on any atom is 0.244 e. The van der Waals surface area contributed by atoms with Crippen molar-refractivity contribution < 1.29 is 13.7 Å². The zero-order valence-corrected chi connectivity index (χ0v) is 10.8. The molecule has 2 rings (SSSR count). The Labute approximate surface area is 106 Å². The van der Waals surface area contributed by atoms with E-state index in [0.717, 1.165) is 18.5 Å². The first-order valence-corrected chi connectivity index (χ1v) is 6.10. The molecule has 0 unspecified atom stereocenters. The van der Waals surface area contributed by atoms with Gasteiger partial charge in [-0.3, -0.25) is 0 Å². The van der Waals surface area contributed by atoms with Gasteiger partial charge in [-0.25, -0.2) is 13.5 Å². The van der Waals surface area contributed by atoms with Crippen LogP contribution in [-0.4, -0.2) is 11.7 Å². The molecule has 0 atom stereocenters. The molecule has 4 heteroatoms. The minimum atomic E-state index is -0.237. The van der Waals surface area contributed by atoms with E-state index in [2.05, 4.69) is 11.5 Å². The summed E-state index contributed by atoms with van der Waals surface area (Å²) in [4.78, 5) is 0. The van der Waals surface area contributed by atoms with Gasteiger partial charge in [0.05, 0.1) is 13.7 Å². The van der Waals surface area contributed by atoms with Crippen molar-refractivity contribution in [3.05, 3.63) is 48.3 Å². The average Bonchev–Trinajstić information content (AvgIpc) is 2.77. The zero-order chi connectivity index (χ0) is 13.0. The van der Waals surface area contributed by atoms with Crippen LogP contribution in [0.4, 0.5) is 4.39 Å². The van der Waals surface area contributed by atoms with Gasteiger partial charge in [-0.05, 0) is 24.6 Å². The van der Waals surface area contributed by atoms with Crippen molar-refractivity contribution in [1.82, 2.24) is 4.57 Å². The Morgan fingerprint density at radius 1 is 1.39 bits per heavy atom. The summed E-state index contributed by atoms with van der Waals surface area (Å²) in [6.07, 6.45) is 7.13. The van der Waals surface area contributed by atoms with Gasteiger partial charge in [-0.15, -0.1) is 0 Å². The van der Waals surface area contributed by atoms with Gasteiger partial charge in [0.25, 0.3) is 0 Å². The van der Waals surface area contributed by atoms with Crippen molar-refractivity contribution >= 4 is 0 Å². The molecule has 0 N–H and O–H groups in total. The average molecular weight is 249 g/mol. The van der Waals surface area contributed by atoms with E-state index in [1.54, 1.807) is 13.2 Å². The third-order valence-electron chi connectivity index (χ3n) is 2.82. The van der Waals surface area contributed by atoms with Crippen LogP contribution in [0.5, 0.6) is 5.75 Å². The predicted molar refractivity (Wildman–Crippen MR) is 67.0 cm³/mol. The van der Waals surface area contributed by atoms with E-state index < -0.39 is 0 Å². The van der Waals surface area contributed by atoms with Gasteiger partial charge >= 0.3 is 0 Å². The second-order valence-corrected chi connectivity index (χ2v) is 4.28. The summed E-state index contributed by atoms with van der Waals surface area (Å²) in [5.74, 6) is 0.478. The number of ether oxygens (including phenoxy) is 1. The molecule has 0 spiro atoms. The monoisotopic (exact) mass is 249 g/mol. The lowest BCUT2D eigenvalue weighted by Crippen LogP contribution is -2.31. The lowest BCUT2D eigenvalue weighted by atomic mass is 10.2. The molecule has 0 saturated heterocycles. The molecule has 0 fully saturated rings. The van der Waals surface area contributed by atoms with E-state index in [-0.39, 0.29) is 5.82 Å². The highest BCUT2D eigenvalue weighted by Gasteiger charge is 2.09. The molecule has 96 valence electrons. The molecule has 1 aromatic heterocycles. The highest BCUT2D eigenvalue weighted by molar-refractivity contribution is 5.33. The number of aromatic nitrogens is 2. The Morgan fingerprint density at radius 2 is 2.22 bits per heavy atom. The smallest absolute Gasteiger partial charge is 0.244 e. The summed E-state index contributed by atoms with van der Waals surface area (Å²) >= 11 is 0. The Balaban J connectivity index is 2.19. The first-order valence-electron chi connectivity index (χ1n) is 6.10. The highest BCUT2D eigenvalue weighted by atomic mass is 19.1. The second-order valence-electron chi connectivity index (χ2n) is 4.28. The third kappa shape index (κ3) is 2.88. The van der Waals surface area contributed by atoms with Crippen LogP contribution < -0.4 is 9.30 Å². The van der Waals surface area contributed by atoms with Crippen LogP contribution >= 0.6 is 0 Å². The van der Waals surface area contributed by atoms with Gasteiger partial charge in [0.15, 0.2) is 0 Å². The number of benzene rings is 1. The van der Waals surface area contributed by atoms with Crippen LogP contribution in [0.25, 0.3) is 0 Å². The molecule has 0 aliphatic heterocycles. The van der Waals surface area contributed by atoms with Gasteiger partial charge in [-0.2, -0.15) is 0 Å². The molecular formula is C14H18FN2O+. The van der Waals surface area contributed by atoms with E-state index in [9.17, 15) is 4.39 Å². The first kappa shape index (κ1) is 12.6. The number of methoxy groups -OCH3 is 1. The summed E-state index contributed by atoms with van der Waals surface area (Å²) in [6, 6.07) is 4.59. The summed E-state index contributed by atoms with van der Waals surface area (Å²) in [5, 5.41) is 0. The van der Waals surface area contributed by atoms with Crippen molar-refractivity contribution in [2.75, 3.05) is 7.11 Å². The molecule has 1 aromatic carbocycles. The fourth-order valence-electron chi connectivity index (χ4n) is 1.99. The quantitative estimate of drug-likeness (QED) is 0.744. The second kappa shape index (κ2) is 5.67. The molecule has 0 aliphatic carbocycles. The van der Waals surface area contributed by atoms with Crippen molar-refractivity contribution in [1.29, 1.82) is 0 Å². The highest BCUT2D eigenvalue weighted by Crippen LogP contribution is 2.18. The van der Waals surface area contributed by atoms with Crippen molar-refractivity contribution in [3.8, 4) is 5.75 Å². The van der Waals surface area contributed by atoms with E-state index in [1.165, 1.54) is 12.1 Å². The normalized spacial score (nSPS) is 10.6. The summed E-state index contributed by atoms with van der Waals surface area (Å²) in [6.45, 7) is 3.74. The molecule has 0 radical (unpaired) electrons. The topological polar surface area (TPSA) is 18.0 Å². The maximum atomic E-state index is 13.2. The Kier molecular flexibility index (Phi) is 3.97. The molecule has 2 aromatic rings. The molecule has 0 aliphatic rings. The van der Waals surface area contributed by atoms with E-state index in [0.29, 0.717) is 12.3 Å². The van der Waals surface area contributed by atoms with E-state index >= 15 is 0 Å². The molecule has 0 amide bonds. The molecule has 0 bridgehead atoms. The summed E-state index contributed by atoms with van der Waals surface area (Å²) < 4.78 is 22.6. The van der Waals surface area contributed by atoms with Crippen LogP contribution in [0, 0.1) is 5.82 Å². The van der Waals surface area contributed by atoms with Crippen LogP contribution in [0.15, 0.2) is 36.9 Å². The number of rotatable bonds is 5. The maximum absolute atomic E-state index is 13.2. The van der Waals surface area contributed by atoms with Gasteiger partial charge < -0.3 is 4.74 Å². The minimum Gasteiger partial charge on any atom is -0.496 e. The SMILES string of the molecule is CCCn1cc[n+](Cc2cc(F)ccc2OC)c1. The predicted octanol–water partition coefficient (Wildman–Crippen LogP) is 2.38. The number of aryl methyl sites for hydroxylation is 1. The fraction of sp³-hybridized carbons (Fsp3) is 0.357. The number of hydrogen-bond acceptors (Lipinski definition) is 1. The Morgan fingerprint density at radius 3 is 2.94 bits per heavy atom. The number of halogens is 1. The van der Waals surface area contributed by atoms with Crippen molar-refractivity contribution in [2.24, 2.45) is 0 Å². The standard InChI is InChI=1S/C14H18FN2O/c1-3-6-16-7-8-17(11-16)10-12-9-13(15)4-5-14(12)18-2/h4-5,7-9,11H,3,6,10H2,1-2H3/q+1. The third-order valence-corrected chi connectivity index (χ3v) is 2.82. The molecular weight excluding hydrogens is 231 g/mol. The van der Waals surface area contributed by atoms with Crippen molar-refractivity contribution in [3.63, 3.8) is 0 Å². The molecule has 0 saturated carbocycles. The van der Waals surface area contributed by atoms with E-state index in [4.69, 9.17) is 4.74 Å². The van der Waals surface area contributed by atoms with Crippen LogP contribution in [-0.2, 0) is 13.1 Å². The van der Waals surface area contributed by atoms with Crippen LogP contribution in [0.2, 0.25) is 0 Å². The van der Waals surface area contributed by atoms with E-state index in [1.807, 2.05) is 23.3 Å². The summed E-state index contributed by atoms with van der Waals surface area (Å²) in [5.41, 5.74) is 0.844. The molecule has 3 nitrogen and oxygen atoms in total. The molecule has 18 heavy (non-hydrogen) atoms. The van der Waals surface area contributed by atoms with Crippen LogP contribution in [0.3, 0.4) is 0 Å². The Hall–Kier alpha value is -1.84. The van der Waals surface area contributed by atoms with Crippen LogP contribution in [0.1, 0.15) is 18.9 Å². The van der Waals surface area contributed by atoms with Gasteiger partial charge in [0, 0.05) is 5.56 Å². The molecule has 1 heterocycles. The lowest BCUT2D eigenvalue weighted by Gasteiger charge is -2.06. The Bertz CT molecular complexity index is 522. The van der Waals surface area contributed by atoms with Gasteiger partial charge in [-0.1, -0.05) is 6.92 Å². The number of hydrogen-bond donors (Lipinski definition) is 0. The minimum absolute atomic E-state index is 0.237. The lowest BCUT2D eigenvalue weighted by molar-refractivity contribution is -0.687. The largest absolute Gasteiger partial charge is 0.496 e. The zero-order valence-electron chi connectivity index (χ0n) is 10.8. The summed E-state index contributed by atoms with van der Waals surface area (Å²) in [7, 11) is 1.60. The van der Waals surface area contributed by atoms with Crippen molar-refractivity contribution in [2.45, 2.75) is 26.4 Å². The fourth-order valence-corrected chi connectivity index (χ4v) is 1.99. The van der Waals surface area contributed by atoms with Gasteiger partial charge in [0.2, 0.25) is 6.33 Å². The number of nitrogens with zero attached hydrogens (tertiary/aromatic N) is 2.